The average Bonchev–Trinajstić information content (AvgIpc) is 2.39. The zero-order chi connectivity index (χ0) is 13.7. The number of likely N-dealkylation sites (tertiary alicyclic amines) is 1. The molecule has 4 heteroatoms. The number of piperidine rings is 1. The van der Waals surface area contributed by atoms with Crippen LogP contribution in [0.3, 0.4) is 0 Å². The first-order valence-electron chi connectivity index (χ1n) is 6.93. The number of nitrogens with zero attached hydrogens (tertiary/aromatic N) is 1. The maximum absolute atomic E-state index is 11.8. The molecule has 1 saturated heterocycles. The quantitative estimate of drug-likeness (QED) is 0.878. The molecule has 0 aromatic heterocycles. The first-order valence-corrected chi connectivity index (χ1v) is 6.93. The molecule has 0 spiro atoms. The Balaban J connectivity index is 1.73. The molecule has 1 aromatic carbocycles. The molecule has 4 nitrogen and oxygen atoms in total. The van der Waals surface area contributed by atoms with E-state index in [1.807, 2.05) is 31.2 Å². The molecule has 19 heavy (non-hydrogen) atoms. The molecule has 0 saturated carbocycles. The molecule has 2 N–H and O–H groups in total. The number of hydrogen-bond acceptors (Lipinski definition) is 2. The summed E-state index contributed by atoms with van der Waals surface area (Å²) in [6.45, 7) is 5.03. The Morgan fingerprint density at radius 2 is 2.11 bits per heavy atom. The monoisotopic (exact) mass is 261 g/mol. The van der Waals surface area contributed by atoms with E-state index in [1.165, 1.54) is 24.9 Å². The van der Waals surface area contributed by atoms with E-state index in [9.17, 15) is 4.79 Å². The number of amides is 2. The normalized spacial score (nSPS) is 20.0. The van der Waals surface area contributed by atoms with Crippen LogP contribution in [-0.2, 0) is 0 Å². The van der Waals surface area contributed by atoms with E-state index in [0.717, 1.165) is 18.8 Å². The van der Waals surface area contributed by atoms with E-state index < -0.39 is 0 Å². The van der Waals surface area contributed by atoms with E-state index in [2.05, 4.69) is 22.6 Å². The Morgan fingerprint density at radius 1 is 1.37 bits per heavy atom. The summed E-state index contributed by atoms with van der Waals surface area (Å²) in [5, 5.41) is 5.82. The molecule has 1 atom stereocenters. The highest BCUT2D eigenvalue weighted by atomic mass is 16.2. The predicted molar refractivity (Wildman–Crippen MR) is 78.4 cm³/mol. The van der Waals surface area contributed by atoms with Crippen molar-refractivity contribution in [3.8, 4) is 0 Å². The van der Waals surface area contributed by atoms with E-state index in [0.29, 0.717) is 5.92 Å². The lowest BCUT2D eigenvalue weighted by atomic mass is 9.99. The van der Waals surface area contributed by atoms with Gasteiger partial charge in [0.15, 0.2) is 0 Å². The van der Waals surface area contributed by atoms with Crippen LogP contribution in [0.15, 0.2) is 24.3 Å². The fourth-order valence-corrected chi connectivity index (χ4v) is 2.49. The average molecular weight is 261 g/mol. The van der Waals surface area contributed by atoms with E-state index in [4.69, 9.17) is 0 Å². The molecule has 2 rings (SSSR count). The van der Waals surface area contributed by atoms with Crippen molar-refractivity contribution in [1.29, 1.82) is 0 Å². The van der Waals surface area contributed by atoms with E-state index in [1.54, 1.807) is 0 Å². The van der Waals surface area contributed by atoms with Crippen LogP contribution < -0.4 is 10.6 Å². The van der Waals surface area contributed by atoms with Gasteiger partial charge in [-0.25, -0.2) is 4.79 Å². The van der Waals surface area contributed by atoms with Gasteiger partial charge in [0.05, 0.1) is 0 Å². The molecular weight excluding hydrogens is 238 g/mol. The molecule has 1 fully saturated rings. The number of benzene rings is 1. The molecule has 1 heterocycles. The van der Waals surface area contributed by atoms with Crippen molar-refractivity contribution in [2.24, 2.45) is 5.92 Å². The molecular formula is C15H23N3O. The number of urea groups is 1. The van der Waals surface area contributed by atoms with Crippen molar-refractivity contribution < 1.29 is 4.79 Å². The minimum atomic E-state index is -0.114. The molecule has 0 unspecified atom stereocenters. The summed E-state index contributed by atoms with van der Waals surface area (Å²) < 4.78 is 0. The Bertz CT molecular complexity index is 416. The van der Waals surface area contributed by atoms with Crippen LogP contribution in [0.2, 0.25) is 0 Å². The number of nitrogens with one attached hydrogen (secondary N) is 2. The van der Waals surface area contributed by atoms with Crippen LogP contribution in [0.4, 0.5) is 10.5 Å². The van der Waals surface area contributed by atoms with Gasteiger partial charge in [-0.1, -0.05) is 17.7 Å². The lowest BCUT2D eigenvalue weighted by molar-refractivity contribution is 0.204. The van der Waals surface area contributed by atoms with Crippen LogP contribution >= 0.6 is 0 Å². The number of anilines is 1. The lowest BCUT2D eigenvalue weighted by Crippen LogP contribution is -2.40. The summed E-state index contributed by atoms with van der Waals surface area (Å²) in [5.74, 6) is 0.572. The fourth-order valence-electron chi connectivity index (χ4n) is 2.49. The van der Waals surface area contributed by atoms with Gasteiger partial charge in [0.2, 0.25) is 0 Å². The number of carbonyl (C=O) groups is 1. The SMILES string of the molecule is Cc1ccc(NC(=O)NC[C@H]2CCCN(C)C2)cc1. The highest BCUT2D eigenvalue weighted by Crippen LogP contribution is 2.14. The number of hydrogen-bond donors (Lipinski definition) is 2. The maximum Gasteiger partial charge on any atom is 0.319 e. The molecule has 2 amide bonds. The van der Waals surface area contributed by atoms with Gasteiger partial charge in [-0.15, -0.1) is 0 Å². The molecule has 0 bridgehead atoms. The predicted octanol–water partition coefficient (Wildman–Crippen LogP) is 2.46. The second-order valence-electron chi connectivity index (χ2n) is 5.47. The largest absolute Gasteiger partial charge is 0.338 e. The summed E-state index contributed by atoms with van der Waals surface area (Å²) in [7, 11) is 2.14. The Labute approximate surface area is 115 Å². The van der Waals surface area contributed by atoms with Crippen LogP contribution in [0.5, 0.6) is 0 Å². The van der Waals surface area contributed by atoms with Crippen LogP contribution in [0, 0.1) is 12.8 Å². The zero-order valence-electron chi connectivity index (χ0n) is 11.8. The third-order valence-electron chi connectivity index (χ3n) is 3.58. The van der Waals surface area contributed by atoms with Gasteiger partial charge in [0.25, 0.3) is 0 Å². The molecule has 1 aliphatic rings. The highest BCUT2D eigenvalue weighted by Gasteiger charge is 2.17. The number of aryl methyl sites for hydroxylation is 1. The summed E-state index contributed by atoms with van der Waals surface area (Å²) >= 11 is 0. The molecule has 104 valence electrons. The van der Waals surface area contributed by atoms with Gasteiger partial charge < -0.3 is 15.5 Å². The van der Waals surface area contributed by atoms with Crippen LogP contribution in [-0.4, -0.2) is 37.6 Å². The zero-order valence-corrected chi connectivity index (χ0v) is 11.8. The molecule has 1 aromatic rings. The summed E-state index contributed by atoms with van der Waals surface area (Å²) in [6.07, 6.45) is 2.43. The summed E-state index contributed by atoms with van der Waals surface area (Å²) in [6, 6.07) is 7.71. The summed E-state index contributed by atoms with van der Waals surface area (Å²) in [4.78, 5) is 14.1. The number of carbonyl (C=O) groups excluding carboxylic acids is 1. The van der Waals surface area contributed by atoms with Crippen molar-refractivity contribution in [3.05, 3.63) is 29.8 Å². The second-order valence-corrected chi connectivity index (χ2v) is 5.47. The third-order valence-corrected chi connectivity index (χ3v) is 3.58. The van der Waals surface area contributed by atoms with Crippen molar-refractivity contribution in [3.63, 3.8) is 0 Å². The molecule has 1 aliphatic heterocycles. The number of rotatable bonds is 3. The van der Waals surface area contributed by atoms with E-state index in [-0.39, 0.29) is 6.03 Å². The maximum atomic E-state index is 11.8. The first kappa shape index (κ1) is 13.9. The van der Waals surface area contributed by atoms with Gasteiger partial charge in [-0.05, 0) is 51.4 Å². The van der Waals surface area contributed by atoms with Crippen LogP contribution in [0.25, 0.3) is 0 Å². The van der Waals surface area contributed by atoms with Gasteiger partial charge in [-0.2, -0.15) is 0 Å². The molecule has 0 aliphatic carbocycles. The van der Waals surface area contributed by atoms with Gasteiger partial charge in [-0.3, -0.25) is 0 Å². The first-order chi connectivity index (χ1) is 9.13. The fraction of sp³-hybridized carbons (Fsp3) is 0.533. The summed E-state index contributed by atoms with van der Waals surface area (Å²) in [5.41, 5.74) is 2.03. The third kappa shape index (κ3) is 4.56. The van der Waals surface area contributed by atoms with Crippen molar-refractivity contribution >= 4 is 11.7 Å². The van der Waals surface area contributed by atoms with Crippen LogP contribution in [0.1, 0.15) is 18.4 Å². The Morgan fingerprint density at radius 3 is 2.79 bits per heavy atom. The molecule has 0 radical (unpaired) electrons. The lowest BCUT2D eigenvalue weighted by Gasteiger charge is -2.29. The van der Waals surface area contributed by atoms with Crippen molar-refractivity contribution in [2.75, 3.05) is 32.0 Å². The minimum Gasteiger partial charge on any atom is -0.338 e. The van der Waals surface area contributed by atoms with Crippen molar-refractivity contribution in [1.82, 2.24) is 10.2 Å². The Kier molecular flexibility index (Phi) is 4.80. The minimum absolute atomic E-state index is 0.114. The topological polar surface area (TPSA) is 44.4 Å². The second kappa shape index (κ2) is 6.57. The smallest absolute Gasteiger partial charge is 0.319 e. The standard InChI is InChI=1S/C15H23N3O/c1-12-5-7-14(8-6-12)17-15(19)16-10-13-4-3-9-18(2)11-13/h5-8,13H,3-4,9-11H2,1-2H3,(H2,16,17,19)/t13-/m1/s1. The van der Waals surface area contributed by atoms with Gasteiger partial charge >= 0.3 is 6.03 Å². The van der Waals surface area contributed by atoms with Gasteiger partial charge in [0.1, 0.15) is 0 Å². The van der Waals surface area contributed by atoms with Gasteiger partial charge in [0, 0.05) is 18.8 Å². The highest BCUT2D eigenvalue weighted by molar-refractivity contribution is 5.89. The Hall–Kier alpha value is -1.55. The van der Waals surface area contributed by atoms with Crippen molar-refractivity contribution in [2.45, 2.75) is 19.8 Å². The van der Waals surface area contributed by atoms with E-state index >= 15 is 0 Å².